The number of rotatable bonds is 0. The second-order valence-corrected chi connectivity index (χ2v) is 1.47. The monoisotopic (exact) mass is 84.0 g/mol. The van der Waals surface area contributed by atoms with E-state index in [1.54, 1.807) is 11.9 Å². The van der Waals surface area contributed by atoms with E-state index in [4.69, 9.17) is 0 Å². The Bertz CT molecular complexity index is 47.6. The van der Waals surface area contributed by atoms with Crippen LogP contribution < -0.4 is 4.63 Å². The lowest BCUT2D eigenvalue weighted by Crippen LogP contribution is -1.98. The Kier molecular flexibility index (Phi) is 1.01. The highest BCUT2D eigenvalue weighted by atomic mass is 32.2. The highest BCUT2D eigenvalue weighted by Gasteiger charge is 1.86. The predicted molar refractivity (Wildman–Crippen MR) is 25.6 cm³/mol. The maximum absolute atomic E-state index is 2.90. The van der Waals surface area contributed by atoms with Gasteiger partial charge in [0.1, 0.15) is 0 Å². The summed E-state index contributed by atoms with van der Waals surface area (Å²) in [7, 11) is 1.89. The Morgan fingerprint density at radius 3 is 3.00 bits per heavy atom. The topological polar surface area (TPSA) is 12.0 Å². The van der Waals surface area contributed by atoms with Crippen molar-refractivity contribution < 1.29 is 0 Å². The van der Waals surface area contributed by atoms with Crippen molar-refractivity contribution in [2.24, 2.45) is 0 Å². The number of nitrogens with one attached hydrogen (secondary N) is 1. The van der Waals surface area contributed by atoms with Crippen molar-refractivity contribution >= 4 is 19.4 Å². The first-order valence-corrected chi connectivity index (χ1v) is 2.27. The molecule has 1 nitrogen and oxygen atoms in total. The molecule has 1 rings (SSSR count). The van der Waals surface area contributed by atoms with Crippen molar-refractivity contribution in [2.75, 3.05) is 0 Å². The van der Waals surface area contributed by atoms with E-state index in [1.165, 1.54) is 0 Å². The van der Waals surface area contributed by atoms with E-state index < -0.39 is 0 Å². The van der Waals surface area contributed by atoms with E-state index in [-0.39, 0.29) is 0 Å². The van der Waals surface area contributed by atoms with Crippen LogP contribution in [0.25, 0.3) is 0 Å². The van der Waals surface area contributed by atoms with E-state index in [2.05, 4.69) is 4.63 Å². The molecule has 3 heteroatoms. The molecular formula is C2H3BNS. The fraction of sp³-hybridized carbons (Fsp3) is 0. The number of hydrogen-bond acceptors (Lipinski definition) is 2. The molecule has 0 atom stereocenters. The standard InChI is InChI=1S/C2H3BNS/c1-2-5-4-3-1/h1-2,4H. The molecule has 0 aromatic rings. The average Bonchev–Trinajstić information content (AvgIpc) is 1.76. The third-order valence-electron chi connectivity index (χ3n) is 0.379. The van der Waals surface area contributed by atoms with Crippen molar-refractivity contribution in [1.29, 1.82) is 0 Å². The molecule has 0 aromatic heterocycles. The minimum absolute atomic E-state index is 1.59. The van der Waals surface area contributed by atoms with E-state index in [1.807, 2.05) is 18.8 Å². The van der Waals surface area contributed by atoms with Gasteiger partial charge in [0.15, 0.2) is 0 Å². The molecule has 1 aliphatic rings. The van der Waals surface area contributed by atoms with Crippen LogP contribution in [0.15, 0.2) is 11.4 Å². The molecule has 0 unspecified atom stereocenters. The fourth-order valence-electron chi connectivity index (χ4n) is 0.196. The summed E-state index contributed by atoms with van der Waals surface area (Å²) in [6, 6.07) is 0. The van der Waals surface area contributed by atoms with E-state index in [0.29, 0.717) is 0 Å². The van der Waals surface area contributed by atoms with Crippen LogP contribution >= 0.6 is 11.9 Å². The summed E-state index contributed by atoms with van der Waals surface area (Å²) in [5.41, 5.74) is 0. The van der Waals surface area contributed by atoms with Crippen molar-refractivity contribution in [1.82, 2.24) is 4.63 Å². The second-order valence-electron chi connectivity index (χ2n) is 0.731. The van der Waals surface area contributed by atoms with Crippen LogP contribution in [0, 0.1) is 0 Å². The Labute approximate surface area is 36.2 Å². The zero-order valence-electron chi connectivity index (χ0n) is 2.64. The Morgan fingerprint density at radius 1 is 1.80 bits per heavy atom. The Morgan fingerprint density at radius 2 is 2.80 bits per heavy atom. The lowest BCUT2D eigenvalue weighted by Gasteiger charge is -1.74. The summed E-state index contributed by atoms with van der Waals surface area (Å²) in [6.45, 7) is 0. The maximum atomic E-state index is 2.90. The summed E-state index contributed by atoms with van der Waals surface area (Å²) >= 11 is 1.59. The molecule has 1 heterocycles. The highest BCUT2D eigenvalue weighted by molar-refractivity contribution is 8.01. The molecule has 0 saturated carbocycles. The van der Waals surface area contributed by atoms with Gasteiger partial charge in [0.2, 0.25) is 7.41 Å². The molecule has 0 saturated heterocycles. The molecule has 0 aromatic carbocycles. The summed E-state index contributed by atoms with van der Waals surface area (Å²) < 4.78 is 2.90. The Hall–Kier alpha value is 0.115. The van der Waals surface area contributed by atoms with Gasteiger partial charge in [0, 0.05) is 0 Å². The van der Waals surface area contributed by atoms with E-state index in [0.717, 1.165) is 0 Å². The molecule has 25 valence electrons. The summed E-state index contributed by atoms with van der Waals surface area (Å²) in [5, 5.41) is 1.99. The zero-order valence-corrected chi connectivity index (χ0v) is 3.46. The third-order valence-corrected chi connectivity index (χ3v) is 0.944. The zero-order chi connectivity index (χ0) is 3.54. The van der Waals surface area contributed by atoms with Crippen LogP contribution in [-0.2, 0) is 0 Å². The highest BCUT2D eigenvalue weighted by Crippen LogP contribution is 1.97. The third kappa shape index (κ3) is 0.704. The van der Waals surface area contributed by atoms with Gasteiger partial charge in [-0.05, 0) is 5.41 Å². The molecule has 0 fully saturated rings. The van der Waals surface area contributed by atoms with Crippen LogP contribution in [0.5, 0.6) is 0 Å². The van der Waals surface area contributed by atoms with Gasteiger partial charge >= 0.3 is 0 Å². The predicted octanol–water partition coefficient (Wildman–Crippen LogP) is 0.328. The Balaban J connectivity index is 2.32. The first-order valence-electron chi connectivity index (χ1n) is 1.40. The van der Waals surface area contributed by atoms with Crippen LogP contribution in [0.1, 0.15) is 0 Å². The van der Waals surface area contributed by atoms with E-state index >= 15 is 0 Å². The van der Waals surface area contributed by atoms with Gasteiger partial charge < -0.3 is 0 Å². The summed E-state index contributed by atoms with van der Waals surface area (Å²) in [4.78, 5) is 0. The fourth-order valence-corrected chi connectivity index (χ4v) is 0.589. The van der Waals surface area contributed by atoms with Gasteiger partial charge in [-0.3, -0.25) is 4.63 Å². The number of hydrogen-bond donors (Lipinski definition) is 1. The maximum Gasteiger partial charge on any atom is 0.249 e. The van der Waals surface area contributed by atoms with E-state index in [9.17, 15) is 0 Å². The SMILES string of the molecule is [B]1C=CSN1. The molecule has 0 aliphatic carbocycles. The van der Waals surface area contributed by atoms with Gasteiger partial charge in [-0.15, -0.1) is 0 Å². The van der Waals surface area contributed by atoms with Crippen molar-refractivity contribution in [2.45, 2.75) is 0 Å². The molecule has 0 amide bonds. The summed E-state index contributed by atoms with van der Waals surface area (Å²) in [5.74, 6) is 1.96. The smallest absolute Gasteiger partial charge is 0.249 e. The lowest BCUT2D eigenvalue weighted by molar-refractivity contribution is 1.71. The lowest BCUT2D eigenvalue weighted by atomic mass is 10.00. The quantitative estimate of drug-likeness (QED) is 0.335. The van der Waals surface area contributed by atoms with Crippen LogP contribution in [-0.4, -0.2) is 7.41 Å². The molecule has 1 aliphatic heterocycles. The van der Waals surface area contributed by atoms with Gasteiger partial charge in [-0.1, -0.05) is 17.9 Å². The van der Waals surface area contributed by atoms with Crippen LogP contribution in [0.3, 0.4) is 0 Å². The van der Waals surface area contributed by atoms with Crippen molar-refractivity contribution in [3.63, 3.8) is 0 Å². The van der Waals surface area contributed by atoms with Gasteiger partial charge in [-0.25, -0.2) is 0 Å². The normalized spacial score (nSPS) is 19.2. The van der Waals surface area contributed by atoms with Gasteiger partial charge in [-0.2, -0.15) is 0 Å². The second kappa shape index (κ2) is 1.53. The first kappa shape index (κ1) is 3.31. The molecule has 0 spiro atoms. The van der Waals surface area contributed by atoms with Crippen molar-refractivity contribution in [3.8, 4) is 0 Å². The molecule has 1 N–H and O–H groups in total. The van der Waals surface area contributed by atoms with Gasteiger partial charge in [0.05, 0.1) is 0 Å². The van der Waals surface area contributed by atoms with Gasteiger partial charge in [0.25, 0.3) is 0 Å². The minimum Gasteiger partial charge on any atom is -0.299 e. The average molecular weight is 83.9 g/mol. The van der Waals surface area contributed by atoms with Crippen LogP contribution in [0.2, 0.25) is 0 Å². The largest absolute Gasteiger partial charge is 0.299 e. The first-order chi connectivity index (χ1) is 2.50. The minimum atomic E-state index is 1.59. The van der Waals surface area contributed by atoms with Crippen LogP contribution in [0.4, 0.5) is 0 Å². The van der Waals surface area contributed by atoms with Crippen molar-refractivity contribution in [3.05, 3.63) is 11.4 Å². The summed E-state index contributed by atoms with van der Waals surface area (Å²) in [6.07, 6.45) is 0. The molecule has 1 radical (unpaired) electrons. The molecule has 0 bridgehead atoms. The molecular weight excluding hydrogens is 80.9 g/mol. The molecule has 5 heavy (non-hydrogen) atoms.